The highest BCUT2D eigenvalue weighted by molar-refractivity contribution is 6.09. The predicted molar refractivity (Wildman–Crippen MR) is 49.1 cm³/mol. The van der Waals surface area contributed by atoms with Crippen molar-refractivity contribution in [3.63, 3.8) is 0 Å². The van der Waals surface area contributed by atoms with Crippen molar-refractivity contribution in [2.45, 2.75) is 30.6 Å². The Morgan fingerprint density at radius 1 is 1.18 bits per heavy atom. The van der Waals surface area contributed by atoms with Crippen molar-refractivity contribution in [2.75, 3.05) is 6.61 Å². The van der Waals surface area contributed by atoms with Gasteiger partial charge in [-0.3, -0.25) is 9.59 Å². The Morgan fingerprint density at radius 2 is 1.71 bits per heavy atom. The molecule has 1 aliphatic heterocycles. The molecule has 0 amide bonds. The Morgan fingerprint density at radius 3 is 2.12 bits per heavy atom. The summed E-state index contributed by atoms with van der Waals surface area (Å²) >= 11 is 0. The summed E-state index contributed by atoms with van der Waals surface area (Å²) in [5.41, 5.74) is 5.20. The van der Waals surface area contributed by atoms with Crippen LogP contribution >= 0.6 is 0 Å². The lowest BCUT2D eigenvalue weighted by atomic mass is 9.98. The molecule has 9 nitrogen and oxygen atoms in total. The predicted octanol–water partition coefficient (Wildman–Crippen LogP) is -4.19. The molecule has 6 N–H and O–H groups in total. The van der Waals surface area contributed by atoms with Crippen molar-refractivity contribution in [2.24, 2.45) is 5.73 Å². The summed E-state index contributed by atoms with van der Waals surface area (Å²) in [6.45, 7) is -0.870. The molecular formula is C8H13NO8. The van der Waals surface area contributed by atoms with Crippen molar-refractivity contribution in [3.8, 4) is 0 Å². The number of nitrogens with two attached hydrogens (primary N) is 1. The van der Waals surface area contributed by atoms with Gasteiger partial charge in [0.05, 0.1) is 6.61 Å². The lowest BCUT2D eigenvalue weighted by Gasteiger charge is -2.18. The van der Waals surface area contributed by atoms with Gasteiger partial charge in [0.1, 0.15) is 18.2 Å². The normalized spacial score (nSPS) is 22.6. The molecule has 0 bridgehead atoms. The average Bonchev–Trinajstić information content (AvgIpc) is 3.17. The zero-order chi connectivity index (χ0) is 13.2. The van der Waals surface area contributed by atoms with Crippen LogP contribution in [0.5, 0.6) is 0 Å². The van der Waals surface area contributed by atoms with Crippen LogP contribution in [0.2, 0.25) is 0 Å². The van der Waals surface area contributed by atoms with Gasteiger partial charge in [-0.1, -0.05) is 0 Å². The maximum atomic E-state index is 11.4. The van der Waals surface area contributed by atoms with E-state index >= 15 is 0 Å². The summed E-state index contributed by atoms with van der Waals surface area (Å²) in [7, 11) is 0. The molecule has 1 aliphatic rings. The third kappa shape index (κ3) is 3.26. The van der Waals surface area contributed by atoms with Crippen LogP contribution in [-0.4, -0.2) is 69.2 Å². The summed E-state index contributed by atoms with van der Waals surface area (Å²) in [4.78, 5) is 31.1. The van der Waals surface area contributed by atoms with Gasteiger partial charge in [-0.2, -0.15) is 9.78 Å². The molecule has 0 aromatic carbocycles. The molecule has 1 heterocycles. The molecule has 0 saturated carbocycles. The number of carbonyl (C=O) groups is 2. The van der Waals surface area contributed by atoms with Crippen molar-refractivity contribution in [1.29, 1.82) is 0 Å². The van der Waals surface area contributed by atoms with Gasteiger partial charge in [0, 0.05) is 0 Å². The minimum absolute atomic E-state index is 0.870. The third-order valence-corrected chi connectivity index (χ3v) is 2.21. The van der Waals surface area contributed by atoms with Crippen LogP contribution in [0.3, 0.4) is 0 Å². The second kappa shape index (κ2) is 5.60. The topological polar surface area (TPSA) is 166 Å². The summed E-state index contributed by atoms with van der Waals surface area (Å²) in [6, 6.07) is -1.84. The molecule has 17 heavy (non-hydrogen) atoms. The van der Waals surface area contributed by atoms with Gasteiger partial charge in [-0.05, 0) is 0 Å². The first kappa shape index (κ1) is 14.1. The van der Waals surface area contributed by atoms with Gasteiger partial charge in [0.15, 0.2) is 17.7 Å². The fourth-order valence-electron chi connectivity index (χ4n) is 1.07. The van der Waals surface area contributed by atoms with Crippen LogP contribution in [0.1, 0.15) is 0 Å². The highest BCUT2D eigenvalue weighted by Crippen LogP contribution is 2.18. The molecular weight excluding hydrogens is 238 g/mol. The molecule has 0 radical (unpaired) electrons. The highest BCUT2D eigenvalue weighted by Gasteiger charge is 2.44. The van der Waals surface area contributed by atoms with Gasteiger partial charge in [0.2, 0.25) is 0 Å². The number of rotatable bonds is 7. The standard InChI is InChI=1S/C8H13NO8/c9-3(5(13)4(12)2(11)1-10)6(14)7(15)8-16-17-8/h2-4,7-8,10-12,15H,1,9H2/t2-,3-,4+,7?/m1/s1. The van der Waals surface area contributed by atoms with E-state index in [2.05, 4.69) is 9.78 Å². The van der Waals surface area contributed by atoms with Crippen LogP contribution in [0, 0.1) is 0 Å². The maximum absolute atomic E-state index is 11.4. The lowest BCUT2D eigenvalue weighted by Crippen LogP contribution is -2.52. The number of hydrogen-bond donors (Lipinski definition) is 5. The quantitative estimate of drug-likeness (QED) is 0.171. The molecule has 0 spiro atoms. The number of hydrogen-bond acceptors (Lipinski definition) is 9. The highest BCUT2D eigenvalue weighted by atomic mass is 17.4. The zero-order valence-electron chi connectivity index (χ0n) is 8.59. The van der Waals surface area contributed by atoms with Gasteiger partial charge in [-0.25, -0.2) is 0 Å². The van der Waals surface area contributed by atoms with E-state index in [0.29, 0.717) is 0 Å². The Bertz CT molecular complexity index is 304. The zero-order valence-corrected chi connectivity index (χ0v) is 8.59. The van der Waals surface area contributed by atoms with Crippen LogP contribution in [0.4, 0.5) is 0 Å². The van der Waals surface area contributed by atoms with E-state index in [1.807, 2.05) is 0 Å². The van der Waals surface area contributed by atoms with E-state index < -0.39 is 48.8 Å². The van der Waals surface area contributed by atoms with E-state index in [4.69, 9.17) is 15.9 Å². The van der Waals surface area contributed by atoms with Crippen molar-refractivity contribution in [3.05, 3.63) is 0 Å². The number of carbonyl (C=O) groups excluding carboxylic acids is 2. The maximum Gasteiger partial charge on any atom is 0.257 e. The first-order chi connectivity index (χ1) is 7.90. The molecule has 1 unspecified atom stereocenters. The second-order valence-electron chi connectivity index (χ2n) is 3.48. The van der Waals surface area contributed by atoms with Crippen LogP contribution in [-0.2, 0) is 19.4 Å². The Labute approximate surface area is 95.3 Å². The van der Waals surface area contributed by atoms with Crippen LogP contribution in [0.25, 0.3) is 0 Å². The molecule has 1 saturated heterocycles. The largest absolute Gasteiger partial charge is 0.394 e. The molecule has 0 aliphatic carbocycles. The SMILES string of the molecule is N[C@@H](C(=O)C(O)C1OO1)C(=O)[C@@H](O)[C@H](O)CO. The van der Waals surface area contributed by atoms with Gasteiger partial charge in [-0.15, -0.1) is 0 Å². The fourth-order valence-corrected chi connectivity index (χ4v) is 1.07. The first-order valence-corrected chi connectivity index (χ1v) is 4.70. The summed E-state index contributed by atoms with van der Waals surface area (Å²) < 4.78 is 0. The van der Waals surface area contributed by atoms with Crippen molar-refractivity contribution >= 4 is 11.6 Å². The molecule has 0 aromatic heterocycles. The molecule has 1 fully saturated rings. The summed E-state index contributed by atoms with van der Waals surface area (Å²) in [5.74, 6) is -2.32. The number of ketones is 2. The molecule has 1 rings (SSSR count). The van der Waals surface area contributed by atoms with Crippen molar-refractivity contribution < 1.29 is 39.8 Å². The van der Waals surface area contributed by atoms with E-state index in [1.165, 1.54) is 0 Å². The first-order valence-electron chi connectivity index (χ1n) is 4.70. The van der Waals surface area contributed by atoms with E-state index in [9.17, 15) is 19.8 Å². The summed E-state index contributed by atoms with van der Waals surface area (Å²) in [5, 5.41) is 35.9. The number of Topliss-reactive ketones (excluding diaryl/α,β-unsaturated/α-hetero) is 2. The monoisotopic (exact) mass is 251 g/mol. The molecule has 9 heteroatoms. The van der Waals surface area contributed by atoms with Crippen molar-refractivity contribution in [1.82, 2.24) is 0 Å². The number of aliphatic hydroxyl groups excluding tert-OH is 4. The van der Waals surface area contributed by atoms with Gasteiger partial charge >= 0.3 is 0 Å². The van der Waals surface area contributed by atoms with E-state index in [1.54, 1.807) is 0 Å². The Kier molecular flexibility index (Phi) is 4.65. The lowest BCUT2D eigenvalue weighted by molar-refractivity contribution is -0.143. The third-order valence-electron chi connectivity index (χ3n) is 2.21. The van der Waals surface area contributed by atoms with E-state index in [0.717, 1.165) is 0 Å². The minimum Gasteiger partial charge on any atom is -0.394 e. The minimum atomic E-state index is -2.01. The Balaban J connectivity index is 2.58. The molecule has 4 atom stereocenters. The number of aliphatic hydroxyl groups is 4. The van der Waals surface area contributed by atoms with Gasteiger partial charge < -0.3 is 26.2 Å². The molecule has 0 aromatic rings. The van der Waals surface area contributed by atoms with E-state index in [-0.39, 0.29) is 0 Å². The summed E-state index contributed by atoms with van der Waals surface area (Å²) in [6.07, 6.45) is -6.66. The van der Waals surface area contributed by atoms with Crippen LogP contribution < -0.4 is 5.73 Å². The smallest absolute Gasteiger partial charge is 0.257 e. The average molecular weight is 251 g/mol. The Hall–Kier alpha value is -0.940. The fraction of sp³-hybridized carbons (Fsp3) is 0.750. The van der Waals surface area contributed by atoms with Gasteiger partial charge in [0.25, 0.3) is 6.29 Å². The molecule has 98 valence electrons. The van der Waals surface area contributed by atoms with Crippen LogP contribution in [0.15, 0.2) is 0 Å². The second-order valence-corrected chi connectivity index (χ2v) is 3.48.